The van der Waals surface area contributed by atoms with E-state index >= 15 is 0 Å². The Bertz CT molecular complexity index is 530. The van der Waals surface area contributed by atoms with Gasteiger partial charge in [0.2, 0.25) is 11.8 Å². The Labute approximate surface area is 144 Å². The van der Waals surface area contributed by atoms with Crippen LogP contribution in [0.4, 0.5) is 5.69 Å². The minimum atomic E-state index is -0.137. The van der Waals surface area contributed by atoms with Crippen molar-refractivity contribution in [3.05, 3.63) is 29.8 Å². The van der Waals surface area contributed by atoms with Gasteiger partial charge in [0.15, 0.2) is 0 Å². The molecular weight excluding hydrogens is 314 g/mol. The number of amides is 2. The first kappa shape index (κ1) is 19.5. The second kappa shape index (κ2) is 9.53. The largest absolute Gasteiger partial charge is 0.333 e. The summed E-state index contributed by atoms with van der Waals surface area (Å²) in [5, 5.41) is 6.10. The Morgan fingerprint density at radius 1 is 1.35 bits per heavy atom. The van der Waals surface area contributed by atoms with E-state index in [9.17, 15) is 9.59 Å². The molecule has 2 amide bonds. The average molecular weight is 340 g/mol. The zero-order valence-electron chi connectivity index (χ0n) is 13.8. The van der Waals surface area contributed by atoms with E-state index < -0.39 is 0 Å². The summed E-state index contributed by atoms with van der Waals surface area (Å²) in [7, 11) is 0. The van der Waals surface area contributed by atoms with Crippen LogP contribution >= 0.6 is 12.4 Å². The number of nitrogens with one attached hydrogen (secondary N) is 2. The van der Waals surface area contributed by atoms with Crippen molar-refractivity contribution in [1.29, 1.82) is 0 Å². The molecule has 6 heteroatoms. The van der Waals surface area contributed by atoms with Crippen molar-refractivity contribution < 1.29 is 9.59 Å². The maximum atomic E-state index is 12.5. The van der Waals surface area contributed by atoms with Gasteiger partial charge in [0, 0.05) is 18.8 Å². The fourth-order valence-corrected chi connectivity index (χ4v) is 2.74. The highest BCUT2D eigenvalue weighted by molar-refractivity contribution is 5.95. The molecule has 0 saturated carbocycles. The van der Waals surface area contributed by atoms with E-state index in [-0.39, 0.29) is 36.7 Å². The molecule has 2 rings (SSSR count). The van der Waals surface area contributed by atoms with Crippen LogP contribution < -0.4 is 10.6 Å². The van der Waals surface area contributed by atoms with Gasteiger partial charge in [-0.1, -0.05) is 25.1 Å². The van der Waals surface area contributed by atoms with Gasteiger partial charge in [-0.05, 0) is 37.9 Å². The highest BCUT2D eigenvalue weighted by atomic mass is 35.5. The van der Waals surface area contributed by atoms with Crippen LogP contribution in [0.3, 0.4) is 0 Å². The quantitative estimate of drug-likeness (QED) is 0.835. The van der Waals surface area contributed by atoms with Gasteiger partial charge in [0.25, 0.3) is 0 Å². The standard InChI is InChI=1S/C17H25N3O2.ClH/c1-3-10-20(17(22)14-8-9-18-11-14)12-16(21)19-15-7-5-4-6-13(15)2;/h4-7,14,18H,3,8-12H2,1-2H3,(H,19,21);1H. The predicted molar refractivity (Wildman–Crippen MR) is 94.9 cm³/mol. The number of hydrogen-bond donors (Lipinski definition) is 2. The van der Waals surface area contributed by atoms with Crippen molar-refractivity contribution in [3.8, 4) is 0 Å². The summed E-state index contributed by atoms with van der Waals surface area (Å²) in [4.78, 5) is 26.4. The molecule has 1 fully saturated rings. The lowest BCUT2D eigenvalue weighted by Crippen LogP contribution is -2.42. The molecule has 0 bridgehead atoms. The summed E-state index contributed by atoms with van der Waals surface area (Å²) in [5.74, 6) is -0.0355. The minimum Gasteiger partial charge on any atom is -0.333 e. The lowest BCUT2D eigenvalue weighted by Gasteiger charge is -2.24. The van der Waals surface area contributed by atoms with E-state index in [1.807, 2.05) is 38.1 Å². The molecule has 0 radical (unpaired) electrons. The third-order valence-corrected chi connectivity index (χ3v) is 3.97. The Morgan fingerprint density at radius 2 is 2.09 bits per heavy atom. The number of rotatable bonds is 6. The fraction of sp³-hybridized carbons (Fsp3) is 0.529. The second-order valence-electron chi connectivity index (χ2n) is 5.81. The van der Waals surface area contributed by atoms with Gasteiger partial charge in [-0.2, -0.15) is 0 Å². The van der Waals surface area contributed by atoms with Gasteiger partial charge in [-0.3, -0.25) is 9.59 Å². The zero-order chi connectivity index (χ0) is 15.9. The molecule has 1 aliphatic rings. The molecule has 0 aliphatic carbocycles. The van der Waals surface area contributed by atoms with Crippen LogP contribution in [0.25, 0.3) is 0 Å². The third-order valence-electron chi connectivity index (χ3n) is 3.97. The zero-order valence-corrected chi connectivity index (χ0v) is 14.6. The van der Waals surface area contributed by atoms with Gasteiger partial charge in [-0.15, -0.1) is 12.4 Å². The van der Waals surface area contributed by atoms with Crippen molar-refractivity contribution in [2.24, 2.45) is 5.92 Å². The Balaban J connectivity index is 0.00000264. The van der Waals surface area contributed by atoms with Crippen LogP contribution in [-0.4, -0.2) is 42.9 Å². The highest BCUT2D eigenvalue weighted by Gasteiger charge is 2.27. The van der Waals surface area contributed by atoms with E-state index in [1.54, 1.807) is 4.90 Å². The smallest absolute Gasteiger partial charge is 0.244 e. The van der Waals surface area contributed by atoms with Crippen molar-refractivity contribution in [2.75, 3.05) is 31.5 Å². The topological polar surface area (TPSA) is 61.4 Å². The van der Waals surface area contributed by atoms with E-state index in [4.69, 9.17) is 0 Å². The van der Waals surface area contributed by atoms with Crippen molar-refractivity contribution in [1.82, 2.24) is 10.2 Å². The van der Waals surface area contributed by atoms with Crippen molar-refractivity contribution in [3.63, 3.8) is 0 Å². The first-order valence-electron chi connectivity index (χ1n) is 7.96. The molecule has 1 aliphatic heterocycles. The molecule has 0 aromatic heterocycles. The molecular formula is C17H26ClN3O2. The van der Waals surface area contributed by atoms with E-state index in [0.29, 0.717) is 6.54 Å². The average Bonchev–Trinajstić information content (AvgIpc) is 3.03. The summed E-state index contributed by atoms with van der Waals surface area (Å²) in [5.41, 5.74) is 1.82. The molecule has 2 N–H and O–H groups in total. The molecule has 23 heavy (non-hydrogen) atoms. The molecule has 1 aromatic carbocycles. The Morgan fingerprint density at radius 3 is 2.70 bits per heavy atom. The molecule has 0 spiro atoms. The Kier molecular flexibility index (Phi) is 8.06. The lowest BCUT2D eigenvalue weighted by molar-refractivity contribution is -0.137. The minimum absolute atomic E-state index is 0. The number of hydrogen-bond acceptors (Lipinski definition) is 3. The number of carbonyl (C=O) groups is 2. The molecule has 5 nitrogen and oxygen atoms in total. The summed E-state index contributed by atoms with van der Waals surface area (Å²) in [6.45, 7) is 6.32. The lowest BCUT2D eigenvalue weighted by atomic mass is 10.1. The molecule has 1 saturated heterocycles. The predicted octanol–water partition coefficient (Wildman–Crippen LogP) is 2.20. The number of carbonyl (C=O) groups excluding carboxylic acids is 2. The normalized spacial score (nSPS) is 16.5. The van der Waals surface area contributed by atoms with E-state index in [0.717, 1.165) is 37.2 Å². The molecule has 1 heterocycles. The summed E-state index contributed by atoms with van der Waals surface area (Å²) in [6, 6.07) is 7.65. The third kappa shape index (κ3) is 5.52. The van der Waals surface area contributed by atoms with Gasteiger partial charge >= 0.3 is 0 Å². The van der Waals surface area contributed by atoms with Crippen LogP contribution in [0.5, 0.6) is 0 Å². The van der Waals surface area contributed by atoms with Crippen molar-refractivity contribution in [2.45, 2.75) is 26.7 Å². The van der Waals surface area contributed by atoms with Crippen molar-refractivity contribution >= 4 is 29.9 Å². The number of para-hydroxylation sites is 1. The van der Waals surface area contributed by atoms with Gasteiger partial charge in [0.05, 0.1) is 12.5 Å². The SMILES string of the molecule is CCCN(CC(=O)Nc1ccccc1C)C(=O)C1CCNC1.Cl. The number of aryl methyl sites for hydroxylation is 1. The fourth-order valence-electron chi connectivity index (χ4n) is 2.74. The van der Waals surface area contributed by atoms with Crippen LogP contribution in [0.2, 0.25) is 0 Å². The van der Waals surface area contributed by atoms with Crippen LogP contribution in [0, 0.1) is 12.8 Å². The van der Waals surface area contributed by atoms with Crippen LogP contribution in [-0.2, 0) is 9.59 Å². The monoisotopic (exact) mass is 339 g/mol. The van der Waals surface area contributed by atoms with Gasteiger partial charge < -0.3 is 15.5 Å². The maximum Gasteiger partial charge on any atom is 0.244 e. The van der Waals surface area contributed by atoms with Crippen LogP contribution in [0.15, 0.2) is 24.3 Å². The van der Waals surface area contributed by atoms with E-state index in [1.165, 1.54) is 0 Å². The summed E-state index contributed by atoms with van der Waals surface area (Å²) >= 11 is 0. The van der Waals surface area contributed by atoms with Gasteiger partial charge in [0.1, 0.15) is 0 Å². The van der Waals surface area contributed by atoms with E-state index in [2.05, 4.69) is 10.6 Å². The summed E-state index contributed by atoms with van der Waals surface area (Å²) in [6.07, 6.45) is 1.71. The number of halogens is 1. The van der Waals surface area contributed by atoms with Crippen LogP contribution in [0.1, 0.15) is 25.3 Å². The highest BCUT2D eigenvalue weighted by Crippen LogP contribution is 2.15. The van der Waals surface area contributed by atoms with Gasteiger partial charge in [-0.25, -0.2) is 0 Å². The second-order valence-corrected chi connectivity index (χ2v) is 5.81. The first-order valence-corrected chi connectivity index (χ1v) is 7.96. The molecule has 1 atom stereocenters. The number of nitrogens with zero attached hydrogens (tertiary/aromatic N) is 1. The molecule has 1 unspecified atom stereocenters. The molecule has 1 aromatic rings. The molecule has 128 valence electrons. The number of benzene rings is 1. The maximum absolute atomic E-state index is 12.5. The first-order chi connectivity index (χ1) is 10.6. The summed E-state index contributed by atoms with van der Waals surface area (Å²) < 4.78 is 0. The Hall–Kier alpha value is -1.59. The number of anilines is 1.